The van der Waals surface area contributed by atoms with Gasteiger partial charge in [-0.1, -0.05) is 11.6 Å². The number of benzene rings is 2. The van der Waals surface area contributed by atoms with Crippen LogP contribution in [0.3, 0.4) is 0 Å². The predicted octanol–water partition coefficient (Wildman–Crippen LogP) is 4.76. The van der Waals surface area contributed by atoms with Gasteiger partial charge in [-0.05, 0) is 30.3 Å². The number of anilines is 2. The van der Waals surface area contributed by atoms with E-state index >= 15 is 0 Å². The summed E-state index contributed by atoms with van der Waals surface area (Å²) in [5.41, 5.74) is -1.54. The Balaban J connectivity index is 1.59. The summed E-state index contributed by atoms with van der Waals surface area (Å²) in [5, 5.41) is 3.96. The van der Waals surface area contributed by atoms with Crippen molar-refractivity contribution in [1.82, 2.24) is 15.0 Å². The highest BCUT2D eigenvalue weighted by atomic mass is 35.5. The first-order valence-corrected chi connectivity index (χ1v) is 12.1. The molecular formula is C21H15ClF3N5O5S. The third-order valence-corrected chi connectivity index (χ3v) is 6.21. The first-order chi connectivity index (χ1) is 16.8. The summed E-state index contributed by atoms with van der Waals surface area (Å²) >= 11 is 5.57. The topological polar surface area (TPSA) is 146 Å². The Morgan fingerprint density at radius 1 is 1.08 bits per heavy atom. The Bertz CT molecular complexity index is 1650. The minimum atomic E-state index is -4.74. The van der Waals surface area contributed by atoms with E-state index in [4.69, 9.17) is 16.3 Å². The lowest BCUT2D eigenvalue weighted by Gasteiger charge is -2.14. The maximum absolute atomic E-state index is 13.1. The van der Waals surface area contributed by atoms with E-state index in [2.05, 4.69) is 25.6 Å². The largest absolute Gasteiger partial charge is 0.455 e. The second kappa shape index (κ2) is 9.20. The van der Waals surface area contributed by atoms with Gasteiger partial charge in [0.05, 0.1) is 21.2 Å². The molecule has 0 saturated heterocycles. The van der Waals surface area contributed by atoms with E-state index < -0.39 is 38.3 Å². The highest BCUT2D eigenvalue weighted by Crippen LogP contribution is 2.36. The number of carbonyl (C=O) groups is 1. The summed E-state index contributed by atoms with van der Waals surface area (Å²) in [5.74, 6) is 0.239. The van der Waals surface area contributed by atoms with E-state index in [0.717, 1.165) is 24.5 Å². The van der Waals surface area contributed by atoms with Crippen LogP contribution in [-0.2, 0) is 16.0 Å². The van der Waals surface area contributed by atoms with Crippen molar-refractivity contribution in [2.75, 3.05) is 16.9 Å². The predicted molar refractivity (Wildman–Crippen MR) is 125 cm³/mol. The Morgan fingerprint density at radius 3 is 2.53 bits per heavy atom. The molecule has 2 aromatic carbocycles. The van der Waals surface area contributed by atoms with Gasteiger partial charge in [-0.3, -0.25) is 4.98 Å². The molecule has 0 aliphatic heterocycles. The zero-order chi connectivity index (χ0) is 26.3. The molecule has 0 spiro atoms. The van der Waals surface area contributed by atoms with E-state index in [-0.39, 0.29) is 38.9 Å². The van der Waals surface area contributed by atoms with Crippen molar-refractivity contribution in [2.45, 2.75) is 11.1 Å². The van der Waals surface area contributed by atoms with Gasteiger partial charge in [0, 0.05) is 30.3 Å². The molecule has 2 aromatic heterocycles. The van der Waals surface area contributed by atoms with Crippen molar-refractivity contribution < 1.29 is 31.1 Å². The van der Waals surface area contributed by atoms with Gasteiger partial charge in [0.1, 0.15) is 11.3 Å². The lowest BCUT2D eigenvalue weighted by atomic mass is 10.2. The number of aromatic amines is 2. The number of aromatic nitrogens is 3. The lowest BCUT2D eigenvalue weighted by molar-refractivity contribution is -0.137. The Morgan fingerprint density at radius 2 is 1.83 bits per heavy atom. The Kier molecular flexibility index (Phi) is 6.41. The van der Waals surface area contributed by atoms with Gasteiger partial charge in [-0.2, -0.15) is 13.2 Å². The number of urea groups is 1. The summed E-state index contributed by atoms with van der Waals surface area (Å²) in [6.07, 6.45) is -2.46. The molecule has 4 rings (SSSR count). The van der Waals surface area contributed by atoms with Crippen molar-refractivity contribution >= 4 is 50.0 Å². The number of hydrogen-bond acceptors (Lipinski definition) is 6. The maximum atomic E-state index is 13.1. The average Bonchev–Trinajstić information content (AvgIpc) is 3.16. The number of ether oxygens (including phenoxy) is 1. The summed E-state index contributed by atoms with van der Waals surface area (Å²) in [6, 6.07) is 6.98. The minimum Gasteiger partial charge on any atom is -0.455 e. The molecule has 0 aliphatic rings. The first kappa shape index (κ1) is 25.1. The maximum Gasteiger partial charge on any atom is 0.417 e. The number of rotatable bonds is 5. The molecule has 0 radical (unpaired) electrons. The van der Waals surface area contributed by atoms with Crippen LogP contribution in [0.25, 0.3) is 11.2 Å². The number of nitrogens with zero attached hydrogens (tertiary/aromatic N) is 1. The zero-order valence-corrected chi connectivity index (χ0v) is 19.6. The number of sulfone groups is 1. The van der Waals surface area contributed by atoms with E-state index in [9.17, 15) is 31.2 Å². The third-order valence-electron chi connectivity index (χ3n) is 4.74. The Hall–Kier alpha value is -4.04. The van der Waals surface area contributed by atoms with Gasteiger partial charge in [0.25, 0.3) is 0 Å². The Labute approximate surface area is 205 Å². The standard InChI is InChI=1S/C21H15ClF3N5O5S/c1-36(33,34)16-9-11(35-15-6-7-26-18-17(15)29-20(32)30-18)3-5-14(16)28-19(31)27-10-2-4-13(22)12(8-10)21(23,24)25/h2-9H,1H3,(H2,27,28,31)(H2,26,29,30,32). The van der Waals surface area contributed by atoms with E-state index in [0.29, 0.717) is 6.07 Å². The number of halogens is 4. The number of fused-ring (bicyclic) bond motifs is 1. The fraction of sp³-hybridized carbons (Fsp3) is 0.0952. The van der Waals surface area contributed by atoms with E-state index in [1.54, 1.807) is 0 Å². The fourth-order valence-corrected chi connectivity index (χ4v) is 4.28. The van der Waals surface area contributed by atoms with Crippen LogP contribution in [0.5, 0.6) is 11.5 Å². The molecule has 2 amide bonds. The van der Waals surface area contributed by atoms with Crippen LogP contribution >= 0.6 is 11.6 Å². The number of pyridine rings is 1. The van der Waals surface area contributed by atoms with Gasteiger partial charge >= 0.3 is 17.9 Å². The number of nitrogens with one attached hydrogen (secondary N) is 4. The molecule has 0 bridgehead atoms. The normalized spacial score (nSPS) is 11.9. The fourth-order valence-electron chi connectivity index (χ4n) is 3.21. The number of amides is 2. The van der Waals surface area contributed by atoms with E-state index in [1.165, 1.54) is 24.4 Å². The van der Waals surface area contributed by atoms with E-state index in [1.807, 2.05) is 0 Å². The van der Waals surface area contributed by atoms with Crippen LogP contribution in [-0.4, -0.2) is 35.7 Å². The van der Waals surface area contributed by atoms with Crippen LogP contribution in [0.1, 0.15) is 5.56 Å². The van der Waals surface area contributed by atoms with Crippen molar-refractivity contribution in [3.05, 3.63) is 69.7 Å². The SMILES string of the molecule is CS(=O)(=O)c1cc(Oc2ccnc3[nH]c(=O)[nH]c23)ccc1NC(=O)Nc1ccc(Cl)c(C(F)(F)F)c1. The average molecular weight is 542 g/mol. The number of carbonyl (C=O) groups excluding carboxylic acids is 1. The number of H-pyrrole nitrogens is 2. The third kappa shape index (κ3) is 5.44. The molecular weight excluding hydrogens is 527 g/mol. The van der Waals surface area contributed by atoms with Crippen molar-refractivity contribution in [2.24, 2.45) is 0 Å². The molecule has 15 heteroatoms. The molecule has 4 aromatic rings. The van der Waals surface area contributed by atoms with Gasteiger partial charge < -0.3 is 20.4 Å². The molecule has 188 valence electrons. The summed E-state index contributed by atoms with van der Waals surface area (Å²) in [7, 11) is -3.90. The molecule has 2 heterocycles. The first-order valence-electron chi connectivity index (χ1n) is 9.85. The number of alkyl halides is 3. The monoisotopic (exact) mass is 541 g/mol. The van der Waals surface area contributed by atoms with Crippen LogP contribution in [0.2, 0.25) is 5.02 Å². The lowest BCUT2D eigenvalue weighted by Crippen LogP contribution is -2.21. The van der Waals surface area contributed by atoms with Crippen molar-refractivity contribution in [1.29, 1.82) is 0 Å². The van der Waals surface area contributed by atoms with Crippen LogP contribution in [0, 0.1) is 0 Å². The molecule has 0 aliphatic carbocycles. The molecule has 0 saturated carbocycles. The second-order valence-corrected chi connectivity index (χ2v) is 9.81. The molecule has 36 heavy (non-hydrogen) atoms. The summed E-state index contributed by atoms with van der Waals surface area (Å²) in [6.45, 7) is 0. The minimum absolute atomic E-state index is 0.0588. The summed E-state index contributed by atoms with van der Waals surface area (Å²) in [4.78, 5) is 32.6. The van der Waals surface area contributed by atoms with Crippen LogP contribution in [0.4, 0.5) is 29.3 Å². The zero-order valence-electron chi connectivity index (χ0n) is 18.0. The van der Waals surface area contributed by atoms with Gasteiger partial charge in [-0.15, -0.1) is 0 Å². The number of imidazole rings is 1. The quantitative estimate of drug-likeness (QED) is 0.286. The van der Waals surface area contributed by atoms with Gasteiger partial charge in [-0.25, -0.2) is 23.0 Å². The van der Waals surface area contributed by atoms with Gasteiger partial charge in [0.2, 0.25) is 0 Å². The van der Waals surface area contributed by atoms with Crippen LogP contribution in [0.15, 0.2) is 58.4 Å². The van der Waals surface area contributed by atoms with Gasteiger partial charge in [0.15, 0.2) is 21.2 Å². The molecule has 0 fully saturated rings. The van der Waals surface area contributed by atoms with Crippen LogP contribution < -0.4 is 21.1 Å². The van der Waals surface area contributed by atoms with Crippen molar-refractivity contribution in [3.8, 4) is 11.5 Å². The molecule has 0 atom stereocenters. The highest BCUT2D eigenvalue weighted by Gasteiger charge is 2.33. The highest BCUT2D eigenvalue weighted by molar-refractivity contribution is 7.90. The molecule has 10 nitrogen and oxygen atoms in total. The smallest absolute Gasteiger partial charge is 0.417 e. The number of hydrogen-bond donors (Lipinski definition) is 4. The second-order valence-electron chi connectivity index (χ2n) is 7.42. The molecule has 4 N–H and O–H groups in total. The summed E-state index contributed by atoms with van der Waals surface area (Å²) < 4.78 is 69.7. The van der Waals surface area contributed by atoms with Crippen molar-refractivity contribution in [3.63, 3.8) is 0 Å². The molecule has 0 unspecified atom stereocenters.